The van der Waals surface area contributed by atoms with E-state index >= 15 is 0 Å². The monoisotopic (exact) mass is 322 g/mol. The molecule has 0 spiro atoms. The zero-order valence-corrected chi connectivity index (χ0v) is 12.7. The molecule has 3 nitrogen and oxygen atoms in total. The molecule has 0 amide bonds. The first kappa shape index (κ1) is 14.0. The molecule has 106 valence electrons. The number of pyridine rings is 1. The highest BCUT2D eigenvalue weighted by Crippen LogP contribution is 2.31. The summed E-state index contributed by atoms with van der Waals surface area (Å²) in [6.45, 7) is 3.68. The fourth-order valence-corrected chi connectivity index (χ4v) is 2.88. The molecule has 2 aromatic heterocycles. The molecule has 0 aliphatic heterocycles. The molecule has 0 unspecified atom stereocenters. The van der Waals surface area contributed by atoms with Crippen LogP contribution in [-0.2, 0) is 7.05 Å². The Kier molecular flexibility index (Phi) is 3.43. The van der Waals surface area contributed by atoms with Gasteiger partial charge in [-0.2, -0.15) is 9.49 Å². The summed E-state index contributed by atoms with van der Waals surface area (Å²) in [5.41, 5.74) is 1.60. The number of rotatable bonds is 2. The van der Waals surface area contributed by atoms with Crippen molar-refractivity contribution < 1.29 is 8.96 Å². The lowest BCUT2D eigenvalue weighted by molar-refractivity contribution is -0.671. The van der Waals surface area contributed by atoms with E-state index in [0.29, 0.717) is 21.1 Å². The van der Waals surface area contributed by atoms with E-state index in [9.17, 15) is 4.39 Å². The van der Waals surface area contributed by atoms with Gasteiger partial charge in [0.05, 0.1) is 15.4 Å². The van der Waals surface area contributed by atoms with Crippen LogP contribution in [0.2, 0.25) is 10.0 Å². The van der Waals surface area contributed by atoms with Crippen molar-refractivity contribution in [2.45, 2.75) is 0 Å². The van der Waals surface area contributed by atoms with Crippen molar-refractivity contribution in [3.63, 3.8) is 0 Å². The molecule has 0 bridgehead atoms. The second-order valence-corrected chi connectivity index (χ2v) is 5.50. The first-order valence-corrected chi connectivity index (χ1v) is 6.91. The van der Waals surface area contributed by atoms with Crippen molar-refractivity contribution in [3.05, 3.63) is 58.7 Å². The van der Waals surface area contributed by atoms with Crippen molar-refractivity contribution in [3.8, 4) is 5.69 Å². The third kappa shape index (κ3) is 2.41. The normalized spacial score (nSPS) is 11.0. The highest BCUT2D eigenvalue weighted by Gasteiger charge is 2.16. The summed E-state index contributed by atoms with van der Waals surface area (Å²) in [6, 6.07) is 3.47. The van der Waals surface area contributed by atoms with Gasteiger partial charge in [-0.25, -0.2) is 9.25 Å². The van der Waals surface area contributed by atoms with Crippen molar-refractivity contribution >= 4 is 40.2 Å². The lowest BCUT2D eigenvalue weighted by Gasteiger charge is -2.08. The topological polar surface area (TPSA) is 21.7 Å². The van der Waals surface area contributed by atoms with Crippen LogP contribution >= 0.6 is 23.2 Å². The van der Waals surface area contributed by atoms with Gasteiger partial charge in [0.25, 0.3) is 0 Å². The van der Waals surface area contributed by atoms with Gasteiger partial charge in [0.15, 0.2) is 6.20 Å². The van der Waals surface area contributed by atoms with E-state index < -0.39 is 5.82 Å². The zero-order valence-electron chi connectivity index (χ0n) is 11.1. The van der Waals surface area contributed by atoms with Gasteiger partial charge in [-0.3, -0.25) is 0 Å². The Morgan fingerprint density at radius 3 is 2.57 bits per heavy atom. The molecule has 0 saturated heterocycles. The van der Waals surface area contributed by atoms with Gasteiger partial charge in [-0.05, 0) is 17.7 Å². The summed E-state index contributed by atoms with van der Waals surface area (Å²) in [6.07, 6.45) is 6.49. The van der Waals surface area contributed by atoms with Crippen molar-refractivity contribution in [2.24, 2.45) is 7.05 Å². The molecule has 3 rings (SSSR count). The van der Waals surface area contributed by atoms with Gasteiger partial charge >= 0.3 is 0 Å². The van der Waals surface area contributed by atoms with Crippen LogP contribution in [0.15, 0.2) is 37.3 Å². The van der Waals surface area contributed by atoms with Crippen LogP contribution in [0.3, 0.4) is 0 Å². The SMILES string of the molecule is C=Cc1cc(Cl)c(-n2cc3c[n+](C)cc(F)c3n2)c(Cl)c1. The molecular weight excluding hydrogens is 312 g/mol. The van der Waals surface area contributed by atoms with E-state index in [0.717, 1.165) is 5.56 Å². The van der Waals surface area contributed by atoms with Gasteiger partial charge in [-0.1, -0.05) is 35.9 Å². The molecule has 1 aromatic carbocycles. The van der Waals surface area contributed by atoms with Gasteiger partial charge in [0.2, 0.25) is 12.0 Å². The van der Waals surface area contributed by atoms with Crippen LogP contribution in [0.5, 0.6) is 0 Å². The van der Waals surface area contributed by atoms with Crippen molar-refractivity contribution in [1.29, 1.82) is 0 Å². The molecule has 2 heterocycles. The minimum absolute atomic E-state index is 0.271. The third-order valence-electron chi connectivity index (χ3n) is 3.13. The third-order valence-corrected chi connectivity index (χ3v) is 3.71. The largest absolute Gasteiger partial charge is 0.236 e. The van der Waals surface area contributed by atoms with E-state index in [2.05, 4.69) is 11.7 Å². The lowest BCUT2D eigenvalue weighted by atomic mass is 10.2. The predicted molar refractivity (Wildman–Crippen MR) is 82.3 cm³/mol. The number of halogens is 3. The number of hydrogen-bond donors (Lipinski definition) is 0. The summed E-state index contributed by atoms with van der Waals surface area (Å²) in [5.74, 6) is -0.399. The minimum Gasteiger partial charge on any atom is -0.236 e. The Labute approximate surface area is 130 Å². The number of hydrogen-bond acceptors (Lipinski definition) is 1. The Bertz CT molecular complexity index is 848. The van der Waals surface area contributed by atoms with Gasteiger partial charge in [0.1, 0.15) is 18.3 Å². The van der Waals surface area contributed by atoms with Gasteiger partial charge in [-0.15, -0.1) is 0 Å². The molecule has 0 atom stereocenters. The number of aromatic nitrogens is 3. The highest BCUT2D eigenvalue weighted by atomic mass is 35.5. The molecule has 0 aliphatic carbocycles. The summed E-state index contributed by atoms with van der Waals surface area (Å²) in [5, 5.41) is 5.75. The van der Waals surface area contributed by atoms with Crippen LogP contribution in [0.25, 0.3) is 22.7 Å². The van der Waals surface area contributed by atoms with E-state index in [4.69, 9.17) is 23.2 Å². The Morgan fingerprint density at radius 1 is 1.29 bits per heavy atom. The molecule has 3 aromatic rings. The Balaban J connectivity index is 2.26. The first-order chi connectivity index (χ1) is 9.99. The zero-order chi connectivity index (χ0) is 15.1. The van der Waals surface area contributed by atoms with E-state index in [1.54, 1.807) is 42.2 Å². The second kappa shape index (κ2) is 5.13. The first-order valence-electron chi connectivity index (χ1n) is 6.15. The molecule has 0 radical (unpaired) electrons. The summed E-state index contributed by atoms with van der Waals surface area (Å²) >= 11 is 12.5. The molecule has 0 N–H and O–H groups in total. The number of fused-ring (bicyclic) bond motifs is 1. The smallest absolute Gasteiger partial charge is 0.214 e. The average molecular weight is 323 g/mol. The maximum Gasteiger partial charge on any atom is 0.214 e. The van der Waals surface area contributed by atoms with E-state index in [1.165, 1.54) is 10.9 Å². The molecule has 6 heteroatoms. The maximum atomic E-state index is 13.9. The number of aryl methyl sites for hydroxylation is 1. The van der Waals surface area contributed by atoms with Crippen LogP contribution in [0.4, 0.5) is 4.39 Å². The van der Waals surface area contributed by atoms with Crippen LogP contribution < -0.4 is 4.57 Å². The Hall–Kier alpha value is -1.91. The van der Waals surface area contributed by atoms with Crippen LogP contribution in [0, 0.1) is 5.82 Å². The molecule has 21 heavy (non-hydrogen) atoms. The fourth-order valence-electron chi connectivity index (χ4n) is 2.20. The summed E-state index contributed by atoms with van der Waals surface area (Å²) in [4.78, 5) is 0. The van der Waals surface area contributed by atoms with E-state index in [1.807, 2.05) is 0 Å². The number of benzene rings is 1. The molecule has 0 saturated carbocycles. The second-order valence-electron chi connectivity index (χ2n) is 4.69. The van der Waals surface area contributed by atoms with Crippen molar-refractivity contribution in [2.75, 3.05) is 0 Å². The highest BCUT2D eigenvalue weighted by molar-refractivity contribution is 6.38. The Morgan fingerprint density at radius 2 is 1.95 bits per heavy atom. The molecule has 0 aliphatic rings. The van der Waals surface area contributed by atoms with Crippen LogP contribution in [0.1, 0.15) is 5.56 Å². The minimum atomic E-state index is -0.399. The lowest BCUT2D eigenvalue weighted by Crippen LogP contribution is -2.27. The van der Waals surface area contributed by atoms with Gasteiger partial charge < -0.3 is 0 Å². The van der Waals surface area contributed by atoms with E-state index in [-0.39, 0.29) is 5.52 Å². The quantitative estimate of drug-likeness (QED) is 0.655. The average Bonchev–Trinajstić information content (AvgIpc) is 2.81. The summed E-state index contributed by atoms with van der Waals surface area (Å²) in [7, 11) is 1.75. The maximum absolute atomic E-state index is 13.9. The predicted octanol–water partition coefficient (Wildman–Crippen LogP) is 3.94. The standard InChI is InChI=1S/C15H11Cl2FN3/c1-3-9-4-11(16)15(12(17)5-9)21-7-10-6-20(2)8-13(18)14(10)19-21/h3-8H,1H2,2H3/q+1. The van der Waals surface area contributed by atoms with Gasteiger partial charge in [0, 0.05) is 6.20 Å². The fraction of sp³-hybridized carbons (Fsp3) is 0.0667. The molecular formula is C15H11Cl2FN3+. The molecule has 0 fully saturated rings. The number of nitrogens with zero attached hydrogens (tertiary/aromatic N) is 3. The summed E-state index contributed by atoms with van der Waals surface area (Å²) < 4.78 is 17.0. The van der Waals surface area contributed by atoms with Crippen molar-refractivity contribution in [1.82, 2.24) is 9.78 Å². The van der Waals surface area contributed by atoms with Crippen LogP contribution in [-0.4, -0.2) is 9.78 Å².